The summed E-state index contributed by atoms with van der Waals surface area (Å²) in [5.41, 5.74) is 3.44. The third-order valence-corrected chi connectivity index (χ3v) is 5.72. The Balaban J connectivity index is 1.79. The van der Waals surface area contributed by atoms with Crippen LogP contribution in [0.5, 0.6) is 0 Å². The second-order valence-corrected chi connectivity index (χ2v) is 7.65. The summed E-state index contributed by atoms with van der Waals surface area (Å²) in [4.78, 5) is 30.1. The van der Waals surface area contributed by atoms with E-state index in [0.29, 0.717) is 18.4 Å². The highest BCUT2D eigenvalue weighted by Gasteiger charge is 2.38. The summed E-state index contributed by atoms with van der Waals surface area (Å²) in [6.45, 7) is 3.95. The molecule has 0 unspecified atom stereocenters. The highest BCUT2D eigenvalue weighted by molar-refractivity contribution is 6.07. The largest absolute Gasteiger partial charge is 0.305 e. The van der Waals surface area contributed by atoms with E-state index < -0.39 is 0 Å². The molecule has 0 N–H and O–H groups in total. The van der Waals surface area contributed by atoms with Crippen molar-refractivity contribution in [2.75, 3.05) is 9.80 Å². The van der Waals surface area contributed by atoms with Crippen LogP contribution < -0.4 is 9.80 Å². The smallest absolute Gasteiger partial charge is 0.258 e. The van der Waals surface area contributed by atoms with E-state index in [-0.39, 0.29) is 23.9 Å². The summed E-state index contributed by atoms with van der Waals surface area (Å²) in [6.07, 6.45) is 1.10. The first-order chi connectivity index (χ1) is 14.6. The SMILES string of the molecule is CCC(=O)N(c1ccccc1)[C@H]1C[C@H](C)N(C(=O)c2ccccc2)c2ccccc21. The molecule has 1 aliphatic heterocycles. The van der Waals surface area contributed by atoms with E-state index in [4.69, 9.17) is 0 Å². The molecule has 0 saturated carbocycles. The van der Waals surface area contributed by atoms with Gasteiger partial charge in [-0.25, -0.2) is 0 Å². The Labute approximate surface area is 177 Å². The summed E-state index contributed by atoms with van der Waals surface area (Å²) >= 11 is 0. The molecule has 2 amide bonds. The van der Waals surface area contributed by atoms with Crippen LogP contribution >= 0.6 is 0 Å². The number of fused-ring (bicyclic) bond motifs is 1. The first-order valence-electron chi connectivity index (χ1n) is 10.5. The average molecular weight is 399 g/mol. The lowest BCUT2D eigenvalue weighted by Crippen LogP contribution is -2.47. The van der Waals surface area contributed by atoms with Gasteiger partial charge in [0.15, 0.2) is 0 Å². The molecule has 0 fully saturated rings. The van der Waals surface area contributed by atoms with Crippen LogP contribution in [-0.2, 0) is 4.79 Å². The molecule has 0 saturated heterocycles. The summed E-state index contributed by atoms with van der Waals surface area (Å²) in [5, 5.41) is 0. The number of carbonyl (C=O) groups is 2. The maximum Gasteiger partial charge on any atom is 0.258 e. The predicted octanol–water partition coefficient (Wildman–Crippen LogP) is 5.61. The molecule has 1 aliphatic rings. The van der Waals surface area contributed by atoms with Crippen molar-refractivity contribution in [2.24, 2.45) is 0 Å². The molecular weight excluding hydrogens is 372 g/mol. The van der Waals surface area contributed by atoms with E-state index in [1.807, 2.05) is 102 Å². The number of rotatable bonds is 4. The fourth-order valence-corrected chi connectivity index (χ4v) is 4.31. The van der Waals surface area contributed by atoms with Gasteiger partial charge >= 0.3 is 0 Å². The van der Waals surface area contributed by atoms with Crippen LogP contribution in [0, 0.1) is 0 Å². The van der Waals surface area contributed by atoms with Gasteiger partial charge in [0.05, 0.1) is 6.04 Å². The average Bonchev–Trinajstić information content (AvgIpc) is 2.80. The number of anilines is 2. The number of benzene rings is 3. The van der Waals surface area contributed by atoms with Crippen molar-refractivity contribution < 1.29 is 9.59 Å². The number of hydrogen-bond acceptors (Lipinski definition) is 2. The minimum Gasteiger partial charge on any atom is -0.305 e. The molecule has 152 valence electrons. The molecule has 3 aromatic carbocycles. The third kappa shape index (κ3) is 3.61. The van der Waals surface area contributed by atoms with Crippen molar-refractivity contribution >= 4 is 23.2 Å². The van der Waals surface area contributed by atoms with E-state index >= 15 is 0 Å². The van der Waals surface area contributed by atoms with Crippen LogP contribution in [0.4, 0.5) is 11.4 Å². The maximum atomic E-state index is 13.4. The Bertz CT molecular complexity index is 1030. The van der Waals surface area contributed by atoms with Gasteiger partial charge in [-0.2, -0.15) is 0 Å². The molecule has 4 heteroatoms. The number of hydrogen-bond donors (Lipinski definition) is 0. The van der Waals surface area contributed by atoms with Gasteiger partial charge in [0, 0.05) is 29.4 Å². The second kappa shape index (κ2) is 8.54. The minimum atomic E-state index is -0.120. The van der Waals surface area contributed by atoms with Crippen molar-refractivity contribution in [1.29, 1.82) is 0 Å². The molecular formula is C26H26N2O2. The Kier molecular flexibility index (Phi) is 5.66. The van der Waals surface area contributed by atoms with Crippen molar-refractivity contribution in [3.05, 3.63) is 96.1 Å². The summed E-state index contributed by atoms with van der Waals surface area (Å²) < 4.78 is 0. The lowest BCUT2D eigenvalue weighted by Gasteiger charge is -2.43. The molecule has 0 radical (unpaired) electrons. The van der Waals surface area contributed by atoms with Crippen LogP contribution in [0.25, 0.3) is 0 Å². The van der Waals surface area contributed by atoms with Crippen molar-refractivity contribution in [3.63, 3.8) is 0 Å². The van der Waals surface area contributed by atoms with Crippen molar-refractivity contribution in [2.45, 2.75) is 38.8 Å². The molecule has 2 atom stereocenters. The molecule has 30 heavy (non-hydrogen) atoms. The minimum absolute atomic E-state index is 0.0120. The van der Waals surface area contributed by atoms with Crippen LogP contribution in [0.1, 0.15) is 48.7 Å². The first-order valence-corrected chi connectivity index (χ1v) is 10.5. The van der Waals surface area contributed by atoms with E-state index in [2.05, 4.69) is 6.92 Å². The fraction of sp³-hybridized carbons (Fsp3) is 0.231. The van der Waals surface area contributed by atoms with E-state index in [1.54, 1.807) is 0 Å². The Morgan fingerprint density at radius 2 is 1.50 bits per heavy atom. The zero-order chi connectivity index (χ0) is 21.1. The Morgan fingerprint density at radius 3 is 2.17 bits per heavy atom. The van der Waals surface area contributed by atoms with Crippen LogP contribution in [0.15, 0.2) is 84.9 Å². The van der Waals surface area contributed by atoms with Gasteiger partial charge in [-0.1, -0.05) is 61.5 Å². The number of nitrogens with zero attached hydrogens (tertiary/aromatic N) is 2. The number of amides is 2. The van der Waals surface area contributed by atoms with E-state index in [0.717, 1.165) is 16.9 Å². The zero-order valence-corrected chi connectivity index (χ0v) is 17.4. The fourth-order valence-electron chi connectivity index (χ4n) is 4.31. The van der Waals surface area contributed by atoms with Crippen LogP contribution in [-0.4, -0.2) is 17.9 Å². The van der Waals surface area contributed by atoms with Gasteiger partial charge < -0.3 is 9.80 Å². The Morgan fingerprint density at radius 1 is 0.900 bits per heavy atom. The lowest BCUT2D eigenvalue weighted by molar-refractivity contribution is -0.118. The Hall–Kier alpha value is -3.40. The molecule has 3 aromatic rings. The molecule has 0 spiro atoms. The highest BCUT2D eigenvalue weighted by atomic mass is 16.2. The topological polar surface area (TPSA) is 40.6 Å². The van der Waals surface area contributed by atoms with E-state index in [9.17, 15) is 9.59 Å². The van der Waals surface area contributed by atoms with Gasteiger partial charge in [-0.05, 0) is 49.2 Å². The quantitative estimate of drug-likeness (QED) is 0.573. The van der Waals surface area contributed by atoms with Gasteiger partial charge in [-0.3, -0.25) is 9.59 Å². The zero-order valence-electron chi connectivity index (χ0n) is 17.4. The summed E-state index contributed by atoms with van der Waals surface area (Å²) in [7, 11) is 0. The van der Waals surface area contributed by atoms with Gasteiger partial charge in [0.2, 0.25) is 5.91 Å². The molecule has 1 heterocycles. The molecule has 4 rings (SSSR count). The van der Waals surface area contributed by atoms with Gasteiger partial charge in [-0.15, -0.1) is 0 Å². The maximum absolute atomic E-state index is 13.4. The van der Waals surface area contributed by atoms with Gasteiger partial charge in [0.1, 0.15) is 0 Å². The van der Waals surface area contributed by atoms with E-state index in [1.165, 1.54) is 0 Å². The summed E-state index contributed by atoms with van der Waals surface area (Å²) in [5.74, 6) is 0.0677. The standard InChI is InChI=1S/C26H26N2O2/c1-3-25(29)28(21-14-8-5-9-15-21)24-18-19(2)27(23-17-11-10-16-22(23)24)26(30)20-12-6-4-7-13-20/h4-17,19,24H,3,18H2,1-2H3/t19-,24-/m0/s1. The van der Waals surface area contributed by atoms with Crippen LogP contribution in [0.2, 0.25) is 0 Å². The van der Waals surface area contributed by atoms with Crippen molar-refractivity contribution in [1.82, 2.24) is 0 Å². The molecule has 0 aromatic heterocycles. The normalized spacial score (nSPS) is 17.9. The first kappa shape index (κ1) is 19.9. The molecule has 0 bridgehead atoms. The lowest BCUT2D eigenvalue weighted by atomic mass is 9.89. The number of para-hydroxylation sites is 2. The monoisotopic (exact) mass is 398 g/mol. The second-order valence-electron chi connectivity index (χ2n) is 7.65. The molecule has 0 aliphatic carbocycles. The highest BCUT2D eigenvalue weighted by Crippen LogP contribution is 2.42. The number of carbonyl (C=O) groups excluding carboxylic acids is 2. The van der Waals surface area contributed by atoms with Crippen LogP contribution in [0.3, 0.4) is 0 Å². The predicted molar refractivity (Wildman–Crippen MR) is 121 cm³/mol. The third-order valence-electron chi connectivity index (χ3n) is 5.72. The van der Waals surface area contributed by atoms with Gasteiger partial charge in [0.25, 0.3) is 5.91 Å². The van der Waals surface area contributed by atoms with Crippen molar-refractivity contribution in [3.8, 4) is 0 Å². The molecule has 4 nitrogen and oxygen atoms in total. The summed E-state index contributed by atoms with van der Waals surface area (Å²) in [6, 6.07) is 27.0.